The summed E-state index contributed by atoms with van der Waals surface area (Å²) in [5, 5.41) is 10.8. The van der Waals surface area contributed by atoms with Crippen molar-refractivity contribution in [1.29, 1.82) is 0 Å². The fraction of sp³-hybridized carbons (Fsp3) is 0.500. The van der Waals surface area contributed by atoms with Crippen LogP contribution in [0, 0.1) is 33.7 Å². The molecule has 0 N–H and O–H groups in total. The van der Waals surface area contributed by atoms with Gasteiger partial charge in [0.15, 0.2) is 24.0 Å². The van der Waals surface area contributed by atoms with Crippen LogP contribution in [0.25, 0.3) is 0 Å². The van der Waals surface area contributed by atoms with Crippen LogP contribution in [-0.4, -0.2) is 42.7 Å². The van der Waals surface area contributed by atoms with Crippen LogP contribution in [0.4, 0.5) is 4.39 Å². The maximum absolute atomic E-state index is 13.6. The van der Waals surface area contributed by atoms with Gasteiger partial charge in [-0.3, -0.25) is 24.5 Å². The molecule has 0 aromatic heterocycles. The SMILES string of the molecule is COc1ccc(C(=O)COC(=O)C[C@@H]2C(=O)C[C@H](C)[C@H]2C[N+](=O)[O-])cc1F. The van der Waals surface area contributed by atoms with Crippen molar-refractivity contribution < 1.29 is 33.2 Å². The quantitative estimate of drug-likeness (QED) is 0.293. The highest BCUT2D eigenvalue weighted by molar-refractivity contribution is 5.98. The number of hydrogen-bond donors (Lipinski definition) is 0. The molecule has 146 valence electrons. The molecule has 0 bridgehead atoms. The number of esters is 1. The van der Waals surface area contributed by atoms with Gasteiger partial charge in [0.1, 0.15) is 5.78 Å². The van der Waals surface area contributed by atoms with Gasteiger partial charge in [-0.2, -0.15) is 0 Å². The zero-order valence-corrected chi connectivity index (χ0v) is 15.0. The van der Waals surface area contributed by atoms with Gasteiger partial charge in [0.25, 0.3) is 0 Å². The monoisotopic (exact) mass is 381 g/mol. The molecule has 27 heavy (non-hydrogen) atoms. The van der Waals surface area contributed by atoms with Crippen LogP contribution in [0.15, 0.2) is 18.2 Å². The molecule has 0 unspecified atom stereocenters. The largest absolute Gasteiger partial charge is 0.494 e. The van der Waals surface area contributed by atoms with Crippen LogP contribution in [0.5, 0.6) is 5.75 Å². The summed E-state index contributed by atoms with van der Waals surface area (Å²) in [6.45, 7) is 0.731. The van der Waals surface area contributed by atoms with Crippen LogP contribution in [0.1, 0.15) is 30.1 Å². The summed E-state index contributed by atoms with van der Waals surface area (Å²) in [5.41, 5.74) is 0.0119. The molecule has 0 radical (unpaired) electrons. The standard InChI is InChI=1S/C18H20FNO7/c1-10-5-15(21)12(13(10)8-20(24)25)7-18(23)27-9-16(22)11-3-4-17(26-2)14(19)6-11/h3-4,6,10,12-13H,5,7-9H2,1-2H3/t10-,12-,13+/m0/s1. The second-order valence-corrected chi connectivity index (χ2v) is 6.57. The minimum atomic E-state index is -0.793. The highest BCUT2D eigenvalue weighted by Gasteiger charge is 2.44. The zero-order valence-electron chi connectivity index (χ0n) is 15.0. The minimum absolute atomic E-state index is 0.0119. The molecule has 3 atom stereocenters. The lowest BCUT2D eigenvalue weighted by molar-refractivity contribution is -0.490. The predicted molar refractivity (Wildman–Crippen MR) is 90.5 cm³/mol. The summed E-state index contributed by atoms with van der Waals surface area (Å²) in [7, 11) is 1.29. The highest BCUT2D eigenvalue weighted by Crippen LogP contribution is 2.36. The van der Waals surface area contributed by atoms with Crippen molar-refractivity contribution in [3.05, 3.63) is 39.7 Å². The number of ketones is 2. The van der Waals surface area contributed by atoms with Gasteiger partial charge in [-0.1, -0.05) is 6.92 Å². The molecule has 0 spiro atoms. The Kier molecular flexibility index (Phi) is 6.59. The maximum atomic E-state index is 13.6. The molecule has 0 saturated heterocycles. The summed E-state index contributed by atoms with van der Waals surface area (Å²) in [6, 6.07) is 3.60. The van der Waals surface area contributed by atoms with E-state index >= 15 is 0 Å². The third-order valence-electron chi connectivity index (χ3n) is 4.77. The Morgan fingerprint density at radius 1 is 1.37 bits per heavy atom. The van der Waals surface area contributed by atoms with E-state index in [-0.39, 0.29) is 35.9 Å². The lowest BCUT2D eigenvalue weighted by Crippen LogP contribution is -2.28. The molecule has 1 aromatic carbocycles. The Hall–Kier alpha value is -2.84. The van der Waals surface area contributed by atoms with Crippen molar-refractivity contribution in [3.8, 4) is 5.75 Å². The molecule has 1 aliphatic carbocycles. The fourth-order valence-corrected chi connectivity index (χ4v) is 3.31. The van der Waals surface area contributed by atoms with E-state index in [0.717, 1.165) is 6.07 Å². The van der Waals surface area contributed by atoms with Crippen molar-refractivity contribution in [2.75, 3.05) is 20.3 Å². The molecule has 2 rings (SSSR count). The molecule has 1 fully saturated rings. The fourth-order valence-electron chi connectivity index (χ4n) is 3.31. The minimum Gasteiger partial charge on any atom is -0.494 e. The van der Waals surface area contributed by atoms with Crippen molar-refractivity contribution in [1.82, 2.24) is 0 Å². The number of methoxy groups -OCH3 is 1. The molecule has 0 aliphatic heterocycles. The number of Topliss-reactive ketones (excluding diaryl/α,β-unsaturated/α-hetero) is 2. The van der Waals surface area contributed by atoms with Gasteiger partial charge >= 0.3 is 5.97 Å². The Morgan fingerprint density at radius 2 is 2.07 bits per heavy atom. The zero-order chi connectivity index (χ0) is 20.1. The van der Waals surface area contributed by atoms with Crippen LogP contribution < -0.4 is 4.74 Å². The van der Waals surface area contributed by atoms with Gasteiger partial charge in [-0.25, -0.2) is 4.39 Å². The lowest BCUT2D eigenvalue weighted by atomic mass is 9.88. The first-order valence-corrected chi connectivity index (χ1v) is 8.39. The Labute approximate surface area is 154 Å². The second kappa shape index (κ2) is 8.70. The van der Waals surface area contributed by atoms with Crippen molar-refractivity contribution in [2.24, 2.45) is 17.8 Å². The summed E-state index contributed by atoms with van der Waals surface area (Å²) in [5.74, 6) is -3.87. The number of carbonyl (C=O) groups excluding carboxylic acids is 3. The van der Waals surface area contributed by atoms with Gasteiger partial charge in [0.2, 0.25) is 6.54 Å². The van der Waals surface area contributed by atoms with Gasteiger partial charge in [-0.15, -0.1) is 0 Å². The van der Waals surface area contributed by atoms with E-state index in [2.05, 4.69) is 0 Å². The third kappa shape index (κ3) is 5.08. The van der Waals surface area contributed by atoms with Crippen LogP contribution >= 0.6 is 0 Å². The van der Waals surface area contributed by atoms with Crippen LogP contribution in [-0.2, 0) is 14.3 Å². The molecule has 9 heteroatoms. The molecule has 1 saturated carbocycles. The van der Waals surface area contributed by atoms with E-state index in [9.17, 15) is 28.9 Å². The normalized spacial score (nSPS) is 21.7. The van der Waals surface area contributed by atoms with E-state index in [0.29, 0.717) is 0 Å². The van der Waals surface area contributed by atoms with E-state index in [1.807, 2.05) is 0 Å². The topological polar surface area (TPSA) is 113 Å². The van der Waals surface area contributed by atoms with Crippen LogP contribution in [0.3, 0.4) is 0 Å². The Bertz CT molecular complexity index is 764. The lowest BCUT2D eigenvalue weighted by Gasteiger charge is -2.16. The van der Waals surface area contributed by atoms with Crippen molar-refractivity contribution in [3.63, 3.8) is 0 Å². The first kappa shape index (κ1) is 20.5. The molecule has 0 heterocycles. The first-order chi connectivity index (χ1) is 12.7. The molecule has 1 aliphatic rings. The number of rotatable bonds is 8. The number of halogens is 1. The second-order valence-electron chi connectivity index (χ2n) is 6.57. The predicted octanol–water partition coefficient (Wildman–Crippen LogP) is 2.07. The number of nitro groups is 1. The van der Waals surface area contributed by atoms with Gasteiger partial charge in [0, 0.05) is 28.7 Å². The Balaban J connectivity index is 1.93. The molecule has 1 aromatic rings. The summed E-state index contributed by atoms with van der Waals surface area (Å²) >= 11 is 0. The average Bonchev–Trinajstić information content (AvgIpc) is 2.86. The van der Waals surface area contributed by atoms with Crippen LogP contribution in [0.2, 0.25) is 0 Å². The first-order valence-electron chi connectivity index (χ1n) is 8.39. The number of carbonyl (C=O) groups is 3. The Morgan fingerprint density at radius 3 is 2.67 bits per heavy atom. The molecular weight excluding hydrogens is 361 g/mol. The van der Waals surface area contributed by atoms with Gasteiger partial charge < -0.3 is 9.47 Å². The van der Waals surface area contributed by atoms with E-state index in [1.165, 1.54) is 19.2 Å². The molecule has 0 amide bonds. The number of nitrogens with zero attached hydrogens (tertiary/aromatic N) is 1. The molecule has 8 nitrogen and oxygen atoms in total. The number of benzene rings is 1. The van der Waals surface area contributed by atoms with Gasteiger partial charge in [-0.05, 0) is 24.1 Å². The average molecular weight is 381 g/mol. The van der Waals surface area contributed by atoms with E-state index in [1.54, 1.807) is 6.92 Å². The third-order valence-corrected chi connectivity index (χ3v) is 4.77. The van der Waals surface area contributed by atoms with Crippen molar-refractivity contribution in [2.45, 2.75) is 19.8 Å². The molecular formula is C18H20FNO7. The number of hydrogen-bond acceptors (Lipinski definition) is 7. The maximum Gasteiger partial charge on any atom is 0.306 e. The van der Waals surface area contributed by atoms with Crippen molar-refractivity contribution >= 4 is 17.5 Å². The van der Waals surface area contributed by atoms with E-state index in [4.69, 9.17) is 9.47 Å². The highest BCUT2D eigenvalue weighted by atomic mass is 19.1. The summed E-state index contributed by atoms with van der Waals surface area (Å²) < 4.78 is 23.3. The van der Waals surface area contributed by atoms with Gasteiger partial charge in [0.05, 0.1) is 13.5 Å². The number of ether oxygens (including phenoxy) is 2. The summed E-state index contributed by atoms with van der Waals surface area (Å²) in [6.07, 6.45) is -0.132. The smallest absolute Gasteiger partial charge is 0.306 e. The van der Waals surface area contributed by atoms with E-state index < -0.39 is 47.5 Å². The summed E-state index contributed by atoms with van der Waals surface area (Å²) in [4.78, 5) is 46.3.